The summed E-state index contributed by atoms with van der Waals surface area (Å²) < 4.78 is 5.36. The molecule has 0 saturated carbocycles. The molecule has 0 bridgehead atoms. The maximum atomic E-state index is 13.1. The Kier molecular flexibility index (Phi) is 6.63. The number of carbonyl (C=O) groups is 2. The van der Waals surface area contributed by atoms with E-state index in [0.717, 1.165) is 30.2 Å². The fourth-order valence-electron chi connectivity index (χ4n) is 4.11. The predicted molar refractivity (Wildman–Crippen MR) is 123 cm³/mol. The fourth-order valence-corrected chi connectivity index (χ4v) is 4.11. The van der Waals surface area contributed by atoms with Gasteiger partial charge in [-0.15, -0.1) is 0 Å². The fraction of sp³-hybridized carbons (Fsp3) is 0.360. The molecule has 7 heteroatoms. The van der Waals surface area contributed by atoms with Gasteiger partial charge in [-0.3, -0.25) is 14.6 Å². The zero-order chi connectivity index (χ0) is 22.5. The van der Waals surface area contributed by atoms with Crippen molar-refractivity contribution >= 4 is 28.4 Å². The number of aromatic nitrogens is 1. The maximum Gasteiger partial charge on any atom is 0.348 e. The summed E-state index contributed by atoms with van der Waals surface area (Å²) in [4.78, 5) is 44.2. The molecule has 1 unspecified atom stereocenters. The second-order valence-electron chi connectivity index (χ2n) is 8.12. The van der Waals surface area contributed by atoms with Crippen LogP contribution in [0.4, 0.5) is 5.69 Å². The Labute approximate surface area is 186 Å². The van der Waals surface area contributed by atoms with Crippen molar-refractivity contribution in [3.63, 3.8) is 0 Å². The molecule has 1 aliphatic rings. The van der Waals surface area contributed by atoms with Gasteiger partial charge in [0, 0.05) is 30.2 Å². The van der Waals surface area contributed by atoms with Crippen LogP contribution in [0.25, 0.3) is 10.9 Å². The van der Waals surface area contributed by atoms with Crippen molar-refractivity contribution in [2.24, 2.45) is 0 Å². The Morgan fingerprint density at radius 1 is 1.19 bits per heavy atom. The molecule has 1 aliphatic heterocycles. The van der Waals surface area contributed by atoms with Gasteiger partial charge in [0.25, 0.3) is 5.91 Å². The molecule has 166 valence electrons. The minimum absolute atomic E-state index is 0.0271. The third-order valence-corrected chi connectivity index (χ3v) is 5.82. The van der Waals surface area contributed by atoms with E-state index in [2.05, 4.69) is 17.2 Å². The molecule has 1 aromatic carbocycles. The number of hydrogen-bond acceptors (Lipinski definition) is 5. The normalized spacial score (nSPS) is 15.8. The summed E-state index contributed by atoms with van der Waals surface area (Å²) in [5.41, 5.74) is 0.816. The Morgan fingerprint density at radius 2 is 2.06 bits per heavy atom. The number of aryl methyl sites for hydroxylation is 1. The third-order valence-electron chi connectivity index (χ3n) is 5.82. The Balaban J connectivity index is 1.47. The minimum atomic E-state index is -0.642. The Hall–Kier alpha value is -3.48. The van der Waals surface area contributed by atoms with E-state index in [4.69, 9.17) is 4.42 Å². The first-order chi connectivity index (χ1) is 15.6. The van der Waals surface area contributed by atoms with Gasteiger partial charge >= 0.3 is 5.63 Å². The summed E-state index contributed by atoms with van der Waals surface area (Å²) in [6, 6.07) is 11.8. The van der Waals surface area contributed by atoms with Crippen molar-refractivity contribution in [2.45, 2.75) is 51.5 Å². The van der Waals surface area contributed by atoms with Crippen LogP contribution in [0.3, 0.4) is 0 Å². The molecule has 7 nitrogen and oxygen atoms in total. The van der Waals surface area contributed by atoms with E-state index in [1.807, 2.05) is 24.3 Å². The van der Waals surface area contributed by atoms with Crippen LogP contribution in [0.2, 0.25) is 0 Å². The number of likely N-dealkylation sites (tertiary alicyclic amines) is 1. The first kappa shape index (κ1) is 21.7. The monoisotopic (exact) mass is 433 g/mol. The second-order valence-corrected chi connectivity index (χ2v) is 8.12. The van der Waals surface area contributed by atoms with E-state index in [1.165, 1.54) is 11.0 Å². The summed E-state index contributed by atoms with van der Waals surface area (Å²) in [5, 5.41) is 3.82. The smallest absolute Gasteiger partial charge is 0.348 e. The molecule has 0 radical (unpaired) electrons. The van der Waals surface area contributed by atoms with Gasteiger partial charge in [-0.05, 0) is 55.7 Å². The SMILES string of the molecule is CCCCCc1ccc(C(=O)N2CCCC2C(=O)Nc2ccc3ncccc3c2)c(=O)o1. The lowest BCUT2D eigenvalue weighted by Gasteiger charge is -2.23. The molecular weight excluding hydrogens is 406 g/mol. The average molecular weight is 434 g/mol. The third kappa shape index (κ3) is 4.72. The zero-order valence-electron chi connectivity index (χ0n) is 18.2. The van der Waals surface area contributed by atoms with Crippen molar-refractivity contribution in [1.29, 1.82) is 0 Å². The number of fused-ring (bicyclic) bond motifs is 1. The highest BCUT2D eigenvalue weighted by molar-refractivity contribution is 6.02. The molecule has 2 amide bonds. The zero-order valence-corrected chi connectivity index (χ0v) is 18.2. The van der Waals surface area contributed by atoms with Crippen molar-refractivity contribution in [2.75, 3.05) is 11.9 Å². The van der Waals surface area contributed by atoms with Crippen LogP contribution in [0.15, 0.2) is 57.9 Å². The first-order valence-corrected chi connectivity index (χ1v) is 11.2. The predicted octanol–water partition coefficient (Wildman–Crippen LogP) is 4.16. The average Bonchev–Trinajstić information content (AvgIpc) is 3.29. The van der Waals surface area contributed by atoms with Crippen LogP contribution in [0.5, 0.6) is 0 Å². The largest absolute Gasteiger partial charge is 0.427 e. The van der Waals surface area contributed by atoms with Gasteiger partial charge in [0.2, 0.25) is 5.91 Å². The van der Waals surface area contributed by atoms with E-state index < -0.39 is 17.6 Å². The van der Waals surface area contributed by atoms with Crippen LogP contribution < -0.4 is 10.9 Å². The molecular formula is C25H27N3O4. The number of hydrogen-bond donors (Lipinski definition) is 1. The van der Waals surface area contributed by atoms with Crippen molar-refractivity contribution in [3.8, 4) is 0 Å². The van der Waals surface area contributed by atoms with Crippen molar-refractivity contribution < 1.29 is 14.0 Å². The lowest BCUT2D eigenvalue weighted by Crippen LogP contribution is -2.44. The number of rotatable bonds is 7. The second kappa shape index (κ2) is 9.77. The van der Waals surface area contributed by atoms with Crippen LogP contribution in [0.1, 0.15) is 55.1 Å². The summed E-state index contributed by atoms with van der Waals surface area (Å²) >= 11 is 0. The molecule has 2 aromatic heterocycles. The van der Waals surface area contributed by atoms with Crippen LogP contribution in [-0.2, 0) is 11.2 Å². The highest BCUT2D eigenvalue weighted by atomic mass is 16.4. The van der Waals surface area contributed by atoms with Gasteiger partial charge in [-0.1, -0.05) is 25.8 Å². The summed E-state index contributed by atoms with van der Waals surface area (Å²) in [5.74, 6) is -0.139. The number of amides is 2. The molecule has 1 N–H and O–H groups in total. The molecule has 1 fully saturated rings. The molecule has 3 aromatic rings. The van der Waals surface area contributed by atoms with E-state index in [1.54, 1.807) is 18.3 Å². The molecule has 1 saturated heterocycles. The van der Waals surface area contributed by atoms with Gasteiger partial charge in [0.1, 0.15) is 17.4 Å². The lowest BCUT2D eigenvalue weighted by atomic mass is 10.1. The maximum absolute atomic E-state index is 13.1. The number of benzene rings is 1. The van der Waals surface area contributed by atoms with E-state index in [-0.39, 0.29) is 11.5 Å². The number of nitrogens with one attached hydrogen (secondary N) is 1. The van der Waals surface area contributed by atoms with Crippen molar-refractivity contribution in [3.05, 3.63) is 70.4 Å². The number of pyridine rings is 1. The Bertz CT molecular complexity index is 1190. The number of nitrogens with zero attached hydrogens (tertiary/aromatic N) is 2. The van der Waals surface area contributed by atoms with Gasteiger partial charge in [0.15, 0.2) is 0 Å². The van der Waals surface area contributed by atoms with Crippen molar-refractivity contribution in [1.82, 2.24) is 9.88 Å². The molecule has 32 heavy (non-hydrogen) atoms. The first-order valence-electron chi connectivity index (χ1n) is 11.2. The van der Waals surface area contributed by atoms with Gasteiger partial charge < -0.3 is 14.6 Å². The summed E-state index contributed by atoms with van der Waals surface area (Å²) in [6.45, 7) is 2.54. The number of carbonyl (C=O) groups excluding carboxylic acids is 2. The van der Waals surface area contributed by atoms with Gasteiger partial charge in [-0.2, -0.15) is 0 Å². The summed E-state index contributed by atoms with van der Waals surface area (Å²) in [7, 11) is 0. The van der Waals surface area contributed by atoms with E-state index in [9.17, 15) is 14.4 Å². The van der Waals surface area contributed by atoms with Crippen LogP contribution in [0, 0.1) is 0 Å². The molecule has 0 aliphatic carbocycles. The highest BCUT2D eigenvalue weighted by Gasteiger charge is 2.35. The van der Waals surface area contributed by atoms with E-state index >= 15 is 0 Å². The molecule has 4 rings (SSSR count). The standard InChI is InChI=1S/C25H27N3O4/c1-2-3-4-8-19-11-12-20(25(31)32-19)24(30)28-15-6-9-22(28)23(29)27-18-10-13-21-17(16-18)7-5-14-26-21/h5,7,10-14,16,22H,2-4,6,8-9,15H2,1H3,(H,27,29). The van der Waals surface area contributed by atoms with Crippen LogP contribution in [-0.4, -0.2) is 34.3 Å². The van der Waals surface area contributed by atoms with Crippen LogP contribution >= 0.6 is 0 Å². The quantitative estimate of drug-likeness (QED) is 0.565. The molecule has 3 heterocycles. The number of anilines is 1. The van der Waals surface area contributed by atoms with Gasteiger partial charge in [-0.25, -0.2) is 4.79 Å². The van der Waals surface area contributed by atoms with E-state index in [0.29, 0.717) is 37.3 Å². The summed E-state index contributed by atoms with van der Waals surface area (Å²) in [6.07, 6.45) is 6.72. The Morgan fingerprint density at radius 3 is 2.88 bits per heavy atom. The molecule has 0 spiro atoms. The topological polar surface area (TPSA) is 92.5 Å². The van der Waals surface area contributed by atoms with Gasteiger partial charge in [0.05, 0.1) is 5.52 Å². The number of unbranched alkanes of at least 4 members (excludes halogenated alkanes) is 2. The molecule has 1 atom stereocenters. The minimum Gasteiger partial charge on any atom is -0.427 e. The lowest BCUT2D eigenvalue weighted by molar-refractivity contribution is -0.119. The highest BCUT2D eigenvalue weighted by Crippen LogP contribution is 2.23.